The number of halogens is 1. The number of nitrogens with one attached hydrogen (secondary N) is 1. The van der Waals surface area contributed by atoms with Gasteiger partial charge in [0.2, 0.25) is 0 Å². The van der Waals surface area contributed by atoms with Crippen LogP contribution in [-0.4, -0.2) is 20.6 Å². The maximum absolute atomic E-state index is 6.22. The summed E-state index contributed by atoms with van der Waals surface area (Å²) in [4.78, 5) is 2.06. The molecule has 0 aliphatic rings. The molecule has 0 aliphatic heterocycles. The quantitative estimate of drug-likeness (QED) is 0.682. The maximum Gasteiger partial charge on any atom is 0.0786 e. The van der Waals surface area contributed by atoms with Crippen LogP contribution >= 0.6 is 11.6 Å². The van der Waals surface area contributed by atoms with E-state index in [9.17, 15) is 0 Å². The minimum absolute atomic E-state index is 0.802. The van der Waals surface area contributed by atoms with Crippen molar-refractivity contribution in [2.75, 3.05) is 30.9 Å². The fraction of sp³-hybridized carbons (Fsp3) is 0.600. The highest BCUT2D eigenvalue weighted by atomic mass is 35.5. The van der Waals surface area contributed by atoms with Gasteiger partial charge in [-0.3, -0.25) is 0 Å². The second kappa shape index (κ2) is 8.25. The molecule has 1 aromatic carbocycles. The van der Waals surface area contributed by atoms with Crippen molar-refractivity contribution in [3.05, 3.63) is 23.2 Å². The van der Waals surface area contributed by atoms with Crippen LogP contribution in [0.15, 0.2) is 18.2 Å². The van der Waals surface area contributed by atoms with Crippen molar-refractivity contribution < 1.29 is 0 Å². The minimum atomic E-state index is 0.802. The molecular formula is C15H25ClN2. The number of rotatable bonds is 8. The number of para-hydroxylation sites is 1. The molecule has 1 rings (SSSR count). The van der Waals surface area contributed by atoms with Crippen LogP contribution in [0.3, 0.4) is 0 Å². The molecule has 0 spiro atoms. The van der Waals surface area contributed by atoms with E-state index in [1.165, 1.54) is 32.1 Å². The molecule has 102 valence electrons. The lowest BCUT2D eigenvalue weighted by molar-refractivity contribution is 0.645. The number of unbranched alkanes of at least 4 members (excludes halogenated alkanes) is 4. The third kappa shape index (κ3) is 4.77. The number of nitrogens with zero attached hydrogens (tertiary/aromatic N) is 1. The first-order chi connectivity index (χ1) is 8.66. The first kappa shape index (κ1) is 15.2. The SMILES string of the molecule is CCCCCCCNc1cccc(Cl)c1N(C)C. The molecule has 0 fully saturated rings. The highest BCUT2D eigenvalue weighted by Gasteiger charge is 2.07. The highest BCUT2D eigenvalue weighted by molar-refractivity contribution is 6.34. The first-order valence-corrected chi connectivity index (χ1v) is 7.24. The van der Waals surface area contributed by atoms with E-state index in [1.807, 2.05) is 26.2 Å². The zero-order valence-electron chi connectivity index (χ0n) is 11.8. The summed E-state index contributed by atoms with van der Waals surface area (Å²) < 4.78 is 0. The number of hydrogen-bond donors (Lipinski definition) is 1. The zero-order valence-corrected chi connectivity index (χ0v) is 12.6. The lowest BCUT2D eigenvalue weighted by atomic mass is 10.1. The van der Waals surface area contributed by atoms with Crippen LogP contribution < -0.4 is 10.2 Å². The molecule has 0 aliphatic carbocycles. The van der Waals surface area contributed by atoms with Gasteiger partial charge in [0, 0.05) is 20.6 Å². The molecule has 0 saturated carbocycles. The molecule has 0 heterocycles. The van der Waals surface area contributed by atoms with Crippen molar-refractivity contribution >= 4 is 23.0 Å². The average Bonchev–Trinajstić information content (AvgIpc) is 2.33. The van der Waals surface area contributed by atoms with Crippen molar-refractivity contribution in [3.63, 3.8) is 0 Å². The van der Waals surface area contributed by atoms with Crippen LogP contribution in [0.5, 0.6) is 0 Å². The summed E-state index contributed by atoms with van der Waals surface area (Å²) in [6, 6.07) is 6.02. The van der Waals surface area contributed by atoms with Gasteiger partial charge in [-0.2, -0.15) is 0 Å². The summed E-state index contributed by atoms with van der Waals surface area (Å²) in [5.41, 5.74) is 2.20. The monoisotopic (exact) mass is 268 g/mol. The standard InChI is InChI=1S/C15H25ClN2/c1-4-5-6-7-8-12-17-14-11-9-10-13(16)15(14)18(2)3/h9-11,17H,4-8,12H2,1-3H3. The molecular weight excluding hydrogens is 244 g/mol. The largest absolute Gasteiger partial charge is 0.383 e. The highest BCUT2D eigenvalue weighted by Crippen LogP contribution is 2.32. The second-order valence-electron chi connectivity index (χ2n) is 4.87. The van der Waals surface area contributed by atoms with Crippen molar-refractivity contribution in [1.29, 1.82) is 0 Å². The molecule has 0 bridgehead atoms. The predicted molar refractivity (Wildman–Crippen MR) is 83.0 cm³/mol. The Morgan fingerprint density at radius 3 is 2.50 bits per heavy atom. The maximum atomic E-state index is 6.22. The summed E-state index contributed by atoms with van der Waals surface area (Å²) in [5, 5.41) is 4.29. The molecule has 0 aromatic heterocycles. The third-order valence-electron chi connectivity index (χ3n) is 3.03. The number of hydrogen-bond acceptors (Lipinski definition) is 2. The lowest BCUT2D eigenvalue weighted by Gasteiger charge is -2.20. The van der Waals surface area contributed by atoms with Gasteiger partial charge in [-0.05, 0) is 18.6 Å². The predicted octanol–water partition coefficient (Wildman–Crippen LogP) is 4.79. The number of benzene rings is 1. The molecule has 0 radical (unpaired) electrons. The summed E-state index contributed by atoms with van der Waals surface area (Å²) >= 11 is 6.22. The van der Waals surface area contributed by atoms with Crippen LogP contribution in [0, 0.1) is 0 Å². The van der Waals surface area contributed by atoms with Gasteiger partial charge in [-0.25, -0.2) is 0 Å². The molecule has 0 amide bonds. The molecule has 0 atom stereocenters. The molecule has 18 heavy (non-hydrogen) atoms. The zero-order chi connectivity index (χ0) is 13.4. The van der Waals surface area contributed by atoms with Gasteiger partial charge < -0.3 is 10.2 Å². The summed E-state index contributed by atoms with van der Waals surface area (Å²) in [7, 11) is 4.04. The van der Waals surface area contributed by atoms with Crippen LogP contribution in [0.2, 0.25) is 5.02 Å². The van der Waals surface area contributed by atoms with Crippen molar-refractivity contribution in [1.82, 2.24) is 0 Å². The van der Waals surface area contributed by atoms with Gasteiger partial charge in [-0.1, -0.05) is 50.3 Å². The van der Waals surface area contributed by atoms with E-state index >= 15 is 0 Å². The van der Waals surface area contributed by atoms with Crippen LogP contribution in [0.4, 0.5) is 11.4 Å². The Balaban J connectivity index is 2.44. The van der Waals surface area contributed by atoms with E-state index in [4.69, 9.17) is 11.6 Å². The van der Waals surface area contributed by atoms with Crippen LogP contribution in [-0.2, 0) is 0 Å². The van der Waals surface area contributed by atoms with Gasteiger partial charge in [0.15, 0.2) is 0 Å². The normalized spacial score (nSPS) is 10.4. The Hall–Kier alpha value is -0.890. The Kier molecular flexibility index (Phi) is 6.96. The molecule has 0 unspecified atom stereocenters. The van der Waals surface area contributed by atoms with E-state index in [2.05, 4.69) is 23.2 Å². The molecule has 0 saturated heterocycles. The lowest BCUT2D eigenvalue weighted by Crippen LogP contribution is -2.13. The molecule has 2 nitrogen and oxygen atoms in total. The van der Waals surface area contributed by atoms with E-state index < -0.39 is 0 Å². The van der Waals surface area contributed by atoms with Crippen molar-refractivity contribution in [2.45, 2.75) is 39.0 Å². The van der Waals surface area contributed by atoms with Gasteiger partial charge in [0.05, 0.1) is 16.4 Å². The van der Waals surface area contributed by atoms with Crippen molar-refractivity contribution in [3.8, 4) is 0 Å². The topological polar surface area (TPSA) is 15.3 Å². The van der Waals surface area contributed by atoms with E-state index in [0.29, 0.717) is 0 Å². The third-order valence-corrected chi connectivity index (χ3v) is 3.33. The fourth-order valence-corrected chi connectivity index (χ4v) is 2.41. The van der Waals surface area contributed by atoms with Gasteiger partial charge in [-0.15, -0.1) is 0 Å². The Bertz CT molecular complexity index is 350. The smallest absolute Gasteiger partial charge is 0.0786 e. The molecule has 1 aromatic rings. The van der Waals surface area contributed by atoms with Gasteiger partial charge in [0.25, 0.3) is 0 Å². The summed E-state index contributed by atoms with van der Waals surface area (Å²) in [6.45, 7) is 3.26. The number of anilines is 2. The Morgan fingerprint density at radius 2 is 1.83 bits per heavy atom. The summed E-state index contributed by atoms with van der Waals surface area (Å²) in [6.07, 6.45) is 6.51. The Labute approximate surface area is 116 Å². The van der Waals surface area contributed by atoms with Gasteiger partial charge >= 0.3 is 0 Å². The van der Waals surface area contributed by atoms with E-state index in [-0.39, 0.29) is 0 Å². The molecule has 3 heteroatoms. The fourth-order valence-electron chi connectivity index (χ4n) is 2.06. The van der Waals surface area contributed by atoms with E-state index in [0.717, 1.165) is 22.9 Å². The van der Waals surface area contributed by atoms with Crippen LogP contribution in [0.1, 0.15) is 39.0 Å². The minimum Gasteiger partial charge on any atom is -0.383 e. The Morgan fingerprint density at radius 1 is 1.11 bits per heavy atom. The van der Waals surface area contributed by atoms with E-state index in [1.54, 1.807) is 0 Å². The van der Waals surface area contributed by atoms with Gasteiger partial charge in [0.1, 0.15) is 0 Å². The van der Waals surface area contributed by atoms with Crippen LogP contribution in [0.25, 0.3) is 0 Å². The molecule has 1 N–H and O–H groups in total. The first-order valence-electron chi connectivity index (χ1n) is 6.86. The second-order valence-corrected chi connectivity index (χ2v) is 5.28. The summed E-state index contributed by atoms with van der Waals surface area (Å²) in [5.74, 6) is 0. The van der Waals surface area contributed by atoms with Crippen molar-refractivity contribution in [2.24, 2.45) is 0 Å². The average molecular weight is 269 g/mol.